The van der Waals surface area contributed by atoms with Crippen LogP contribution >= 0.6 is 0 Å². The first-order valence-corrected chi connectivity index (χ1v) is 8.57. The maximum atomic E-state index is 10.6. The summed E-state index contributed by atoms with van der Waals surface area (Å²) in [6, 6.07) is 21.7. The van der Waals surface area contributed by atoms with Crippen LogP contribution in [0.2, 0.25) is 0 Å². The van der Waals surface area contributed by atoms with Gasteiger partial charge in [-0.1, -0.05) is 54.6 Å². The highest BCUT2D eigenvalue weighted by Crippen LogP contribution is 2.23. The normalized spacial score (nSPS) is 10.5. The Labute approximate surface area is 153 Å². The van der Waals surface area contributed by atoms with E-state index < -0.39 is 5.97 Å². The van der Waals surface area contributed by atoms with Crippen molar-refractivity contribution in [1.29, 1.82) is 0 Å². The highest BCUT2D eigenvalue weighted by molar-refractivity contribution is 5.67. The number of aliphatic carboxylic acids is 1. The number of hydrogen-bond donors (Lipinski definition) is 1. The summed E-state index contributed by atoms with van der Waals surface area (Å²) in [5.74, 6) is -0.197. The van der Waals surface area contributed by atoms with E-state index >= 15 is 0 Å². The molecule has 0 saturated heterocycles. The second-order valence-corrected chi connectivity index (χ2v) is 6.17. The fourth-order valence-electron chi connectivity index (χ4n) is 2.72. The molecule has 1 N–H and O–H groups in total. The highest BCUT2D eigenvalue weighted by Gasteiger charge is 2.05. The minimum absolute atomic E-state index is 0.144. The zero-order chi connectivity index (χ0) is 18.4. The average Bonchev–Trinajstić information content (AvgIpc) is 2.66. The van der Waals surface area contributed by atoms with E-state index in [9.17, 15) is 4.79 Å². The molecule has 4 nitrogen and oxygen atoms in total. The number of aryl methyl sites for hydroxylation is 2. The fourth-order valence-corrected chi connectivity index (χ4v) is 2.72. The monoisotopic (exact) mass is 347 g/mol. The molecule has 2 aromatic carbocycles. The van der Waals surface area contributed by atoms with Crippen LogP contribution in [0, 0.1) is 6.92 Å². The Bertz CT molecular complexity index is 888. The molecule has 0 bridgehead atoms. The van der Waals surface area contributed by atoms with Gasteiger partial charge in [0.1, 0.15) is 6.61 Å². The lowest BCUT2D eigenvalue weighted by molar-refractivity contribution is -0.136. The largest absolute Gasteiger partial charge is 0.481 e. The third-order valence-electron chi connectivity index (χ3n) is 4.18. The van der Waals surface area contributed by atoms with Crippen LogP contribution in [0.3, 0.4) is 0 Å². The molecule has 3 aromatic rings. The van der Waals surface area contributed by atoms with Crippen molar-refractivity contribution in [3.05, 3.63) is 83.4 Å². The van der Waals surface area contributed by atoms with Crippen molar-refractivity contribution in [1.82, 2.24) is 4.98 Å². The van der Waals surface area contributed by atoms with E-state index in [0.29, 0.717) is 18.9 Å². The number of rotatable bonds is 7. The molecule has 1 aromatic heterocycles. The fraction of sp³-hybridized carbons (Fsp3) is 0.182. The highest BCUT2D eigenvalue weighted by atomic mass is 16.5. The van der Waals surface area contributed by atoms with Gasteiger partial charge in [-0.15, -0.1) is 0 Å². The van der Waals surface area contributed by atoms with Gasteiger partial charge in [0.25, 0.3) is 0 Å². The smallest absolute Gasteiger partial charge is 0.303 e. The van der Waals surface area contributed by atoms with Crippen LogP contribution in [0.1, 0.15) is 23.1 Å². The zero-order valence-corrected chi connectivity index (χ0v) is 14.7. The van der Waals surface area contributed by atoms with Crippen molar-refractivity contribution in [2.75, 3.05) is 0 Å². The molecule has 0 aliphatic carbocycles. The quantitative estimate of drug-likeness (QED) is 0.676. The molecule has 0 spiro atoms. The lowest BCUT2D eigenvalue weighted by Crippen LogP contribution is -2.00. The number of hydrogen-bond acceptors (Lipinski definition) is 3. The standard InChI is InChI=1S/C22H21NO3/c1-16-5-2-3-6-19(16)20-7-4-8-21(23-20)26-15-18-11-9-17(10-12-18)13-14-22(24)25/h2-12H,13-15H2,1H3,(H,24,25). The van der Waals surface area contributed by atoms with Crippen molar-refractivity contribution in [2.45, 2.75) is 26.4 Å². The van der Waals surface area contributed by atoms with Crippen LogP contribution in [0.4, 0.5) is 0 Å². The Balaban J connectivity index is 1.64. The van der Waals surface area contributed by atoms with Gasteiger partial charge in [-0.3, -0.25) is 4.79 Å². The summed E-state index contributed by atoms with van der Waals surface area (Å²) in [6.45, 7) is 2.49. The van der Waals surface area contributed by atoms with E-state index in [1.165, 1.54) is 5.56 Å². The maximum Gasteiger partial charge on any atom is 0.303 e. The molecule has 0 aliphatic rings. The van der Waals surface area contributed by atoms with Gasteiger partial charge >= 0.3 is 5.97 Å². The van der Waals surface area contributed by atoms with E-state index in [0.717, 1.165) is 22.4 Å². The van der Waals surface area contributed by atoms with Gasteiger partial charge in [-0.25, -0.2) is 4.98 Å². The Morgan fingerprint density at radius 1 is 0.962 bits per heavy atom. The molecule has 4 heteroatoms. The molecule has 0 amide bonds. The zero-order valence-electron chi connectivity index (χ0n) is 14.7. The molecular formula is C22H21NO3. The first-order chi connectivity index (χ1) is 12.6. The number of nitrogens with zero attached hydrogens (tertiary/aromatic N) is 1. The molecule has 0 atom stereocenters. The number of ether oxygens (including phenoxy) is 1. The summed E-state index contributed by atoms with van der Waals surface area (Å²) in [4.78, 5) is 15.2. The van der Waals surface area contributed by atoms with E-state index in [-0.39, 0.29) is 6.42 Å². The SMILES string of the molecule is Cc1ccccc1-c1cccc(OCc2ccc(CCC(=O)O)cc2)n1. The average molecular weight is 347 g/mol. The minimum atomic E-state index is -0.781. The summed E-state index contributed by atoms with van der Waals surface area (Å²) >= 11 is 0. The van der Waals surface area contributed by atoms with Crippen LogP contribution in [-0.2, 0) is 17.8 Å². The van der Waals surface area contributed by atoms with Crippen molar-refractivity contribution in [2.24, 2.45) is 0 Å². The number of carboxylic acids is 1. The van der Waals surface area contributed by atoms with Gasteiger partial charge in [0, 0.05) is 18.1 Å². The number of benzene rings is 2. The van der Waals surface area contributed by atoms with Crippen LogP contribution in [-0.4, -0.2) is 16.1 Å². The summed E-state index contributed by atoms with van der Waals surface area (Å²) < 4.78 is 5.83. The van der Waals surface area contributed by atoms with Crippen molar-refractivity contribution in [3.8, 4) is 17.1 Å². The topological polar surface area (TPSA) is 59.4 Å². The summed E-state index contributed by atoms with van der Waals surface area (Å²) in [6.07, 6.45) is 0.682. The molecule has 1 heterocycles. The number of pyridine rings is 1. The molecule has 0 aliphatic heterocycles. The van der Waals surface area contributed by atoms with Crippen molar-refractivity contribution in [3.63, 3.8) is 0 Å². The van der Waals surface area contributed by atoms with Crippen molar-refractivity contribution < 1.29 is 14.6 Å². The Hall–Kier alpha value is -3.14. The van der Waals surface area contributed by atoms with Gasteiger partial charge < -0.3 is 9.84 Å². The summed E-state index contributed by atoms with van der Waals surface area (Å²) in [5, 5.41) is 8.73. The third kappa shape index (κ3) is 4.70. The predicted octanol–water partition coefficient (Wildman–Crippen LogP) is 4.65. The summed E-state index contributed by atoms with van der Waals surface area (Å²) in [5.41, 5.74) is 5.20. The molecule has 0 fully saturated rings. The van der Waals surface area contributed by atoms with Crippen molar-refractivity contribution >= 4 is 5.97 Å². The Kier molecular flexibility index (Phi) is 5.64. The predicted molar refractivity (Wildman–Crippen MR) is 101 cm³/mol. The molecular weight excluding hydrogens is 326 g/mol. The molecule has 26 heavy (non-hydrogen) atoms. The van der Waals surface area contributed by atoms with E-state index in [4.69, 9.17) is 9.84 Å². The minimum Gasteiger partial charge on any atom is -0.481 e. The van der Waals surface area contributed by atoms with Crippen LogP contribution in [0.25, 0.3) is 11.3 Å². The molecule has 132 valence electrons. The van der Waals surface area contributed by atoms with E-state index in [2.05, 4.69) is 24.0 Å². The van der Waals surface area contributed by atoms with Crippen LogP contribution in [0.15, 0.2) is 66.7 Å². The van der Waals surface area contributed by atoms with Gasteiger partial charge in [0.2, 0.25) is 5.88 Å². The first kappa shape index (κ1) is 17.7. The van der Waals surface area contributed by atoms with Crippen LogP contribution in [0.5, 0.6) is 5.88 Å². The van der Waals surface area contributed by atoms with E-state index in [1.54, 1.807) is 0 Å². The van der Waals surface area contributed by atoms with Gasteiger partial charge in [0.15, 0.2) is 0 Å². The molecule has 0 unspecified atom stereocenters. The Morgan fingerprint density at radius 3 is 2.42 bits per heavy atom. The molecule has 0 radical (unpaired) electrons. The second kappa shape index (κ2) is 8.30. The molecule has 3 rings (SSSR count). The van der Waals surface area contributed by atoms with Gasteiger partial charge in [-0.05, 0) is 36.1 Å². The maximum absolute atomic E-state index is 10.6. The lowest BCUT2D eigenvalue weighted by atomic mass is 10.1. The van der Waals surface area contributed by atoms with Gasteiger partial charge in [0.05, 0.1) is 5.69 Å². The summed E-state index contributed by atoms with van der Waals surface area (Å²) in [7, 11) is 0. The van der Waals surface area contributed by atoms with E-state index in [1.807, 2.05) is 54.6 Å². The number of carboxylic acid groups (broad SMARTS) is 1. The number of carbonyl (C=O) groups is 1. The van der Waals surface area contributed by atoms with Crippen LogP contribution < -0.4 is 4.74 Å². The Morgan fingerprint density at radius 2 is 1.69 bits per heavy atom. The third-order valence-corrected chi connectivity index (χ3v) is 4.18. The van der Waals surface area contributed by atoms with Gasteiger partial charge in [-0.2, -0.15) is 0 Å². The second-order valence-electron chi connectivity index (χ2n) is 6.17. The molecule has 0 saturated carbocycles. The number of aromatic nitrogens is 1. The lowest BCUT2D eigenvalue weighted by Gasteiger charge is -2.09. The first-order valence-electron chi connectivity index (χ1n) is 8.57.